The van der Waals surface area contributed by atoms with Gasteiger partial charge in [0.05, 0.1) is 12.2 Å². The number of carbonyl (C=O) groups is 1. The van der Waals surface area contributed by atoms with Crippen molar-refractivity contribution in [1.82, 2.24) is 0 Å². The lowest BCUT2D eigenvalue weighted by atomic mass is 9.79. The van der Waals surface area contributed by atoms with Gasteiger partial charge >= 0.3 is 5.97 Å². The zero-order chi connectivity index (χ0) is 17.7. The Morgan fingerprint density at radius 3 is 2.46 bits per heavy atom. The van der Waals surface area contributed by atoms with E-state index in [9.17, 15) is 4.79 Å². The molecule has 0 aliphatic carbocycles. The smallest absolute Gasteiger partial charge is 0.303 e. The molecule has 24 heavy (non-hydrogen) atoms. The minimum absolute atomic E-state index is 0.0786. The molecule has 0 aromatic heterocycles. The molecule has 1 saturated heterocycles. The van der Waals surface area contributed by atoms with Gasteiger partial charge in [-0.15, -0.1) is 0 Å². The Morgan fingerprint density at radius 2 is 1.88 bits per heavy atom. The summed E-state index contributed by atoms with van der Waals surface area (Å²) in [5.74, 6) is 0.448. The third kappa shape index (κ3) is 5.06. The highest BCUT2D eigenvalue weighted by Crippen LogP contribution is 2.35. The third-order valence-electron chi connectivity index (χ3n) is 4.90. The van der Waals surface area contributed by atoms with Crippen molar-refractivity contribution in [3.8, 4) is 0 Å². The van der Waals surface area contributed by atoms with Gasteiger partial charge in [-0.05, 0) is 59.0 Å². The third-order valence-corrected chi connectivity index (χ3v) is 5.62. The SMILES string of the molecule is CC[C@H]1O[C@H](C/C=C/c2ccc(I)cc2)[C@@H](OC(C)=O)[C@@H](C)[C@@H]1C. The van der Waals surface area contributed by atoms with Crippen molar-refractivity contribution >= 4 is 34.6 Å². The highest BCUT2D eigenvalue weighted by molar-refractivity contribution is 14.1. The number of ether oxygens (including phenoxy) is 2. The second-order valence-corrected chi connectivity index (χ2v) is 7.85. The van der Waals surface area contributed by atoms with Crippen molar-refractivity contribution in [2.24, 2.45) is 11.8 Å². The number of hydrogen-bond acceptors (Lipinski definition) is 3. The van der Waals surface area contributed by atoms with E-state index in [2.05, 4.69) is 79.8 Å². The first-order chi connectivity index (χ1) is 11.4. The molecule has 1 heterocycles. The summed E-state index contributed by atoms with van der Waals surface area (Å²) in [6.45, 7) is 7.98. The van der Waals surface area contributed by atoms with Gasteiger partial charge in [0.2, 0.25) is 0 Å². The summed E-state index contributed by atoms with van der Waals surface area (Å²) in [5.41, 5.74) is 1.17. The van der Waals surface area contributed by atoms with Crippen LogP contribution in [0.5, 0.6) is 0 Å². The summed E-state index contributed by atoms with van der Waals surface area (Å²) in [6.07, 6.45) is 5.93. The fourth-order valence-electron chi connectivity index (χ4n) is 3.35. The van der Waals surface area contributed by atoms with Gasteiger partial charge in [0.15, 0.2) is 0 Å². The Labute approximate surface area is 158 Å². The van der Waals surface area contributed by atoms with Crippen molar-refractivity contribution in [2.45, 2.75) is 58.8 Å². The predicted molar refractivity (Wildman–Crippen MR) is 106 cm³/mol. The van der Waals surface area contributed by atoms with Gasteiger partial charge in [0.25, 0.3) is 0 Å². The van der Waals surface area contributed by atoms with Crippen LogP contribution in [0.3, 0.4) is 0 Å². The topological polar surface area (TPSA) is 35.5 Å². The van der Waals surface area contributed by atoms with Crippen molar-refractivity contribution in [1.29, 1.82) is 0 Å². The molecule has 1 aromatic rings. The molecule has 0 unspecified atom stereocenters. The maximum atomic E-state index is 11.5. The average molecular weight is 442 g/mol. The maximum Gasteiger partial charge on any atom is 0.303 e. The number of benzene rings is 1. The Bertz CT molecular complexity index is 567. The Kier molecular flexibility index (Phi) is 7.29. The molecule has 1 fully saturated rings. The lowest BCUT2D eigenvalue weighted by Crippen LogP contribution is -2.50. The molecule has 0 bridgehead atoms. The molecule has 1 aliphatic rings. The highest BCUT2D eigenvalue weighted by Gasteiger charge is 2.41. The van der Waals surface area contributed by atoms with E-state index in [1.54, 1.807) is 0 Å². The quantitative estimate of drug-likeness (QED) is 0.472. The molecule has 0 amide bonds. The van der Waals surface area contributed by atoms with E-state index in [1.807, 2.05) is 0 Å². The second-order valence-electron chi connectivity index (χ2n) is 6.60. The van der Waals surface area contributed by atoms with E-state index in [-0.39, 0.29) is 24.3 Å². The van der Waals surface area contributed by atoms with Crippen LogP contribution in [-0.2, 0) is 14.3 Å². The van der Waals surface area contributed by atoms with Crippen LogP contribution >= 0.6 is 22.6 Å². The predicted octanol–water partition coefficient (Wildman–Crippen LogP) is 5.08. The van der Waals surface area contributed by atoms with Crippen LogP contribution in [0.15, 0.2) is 30.3 Å². The number of esters is 1. The van der Waals surface area contributed by atoms with Crippen LogP contribution in [0.25, 0.3) is 6.08 Å². The van der Waals surface area contributed by atoms with Gasteiger partial charge in [-0.1, -0.05) is 45.1 Å². The van der Waals surface area contributed by atoms with Crippen LogP contribution in [0, 0.1) is 15.4 Å². The molecule has 1 aromatic carbocycles. The molecule has 0 saturated carbocycles. The number of rotatable bonds is 5. The van der Waals surface area contributed by atoms with Gasteiger partial charge in [0.1, 0.15) is 6.10 Å². The normalized spacial score (nSPS) is 30.5. The maximum absolute atomic E-state index is 11.5. The van der Waals surface area contributed by atoms with E-state index in [0.717, 1.165) is 12.8 Å². The minimum Gasteiger partial charge on any atom is -0.459 e. The monoisotopic (exact) mass is 442 g/mol. The van der Waals surface area contributed by atoms with E-state index < -0.39 is 0 Å². The standard InChI is InChI=1S/C20H27IO3/c1-5-18-13(2)14(3)20(23-15(4)22)19(24-18)8-6-7-16-9-11-17(21)12-10-16/h6-7,9-14,18-20H,5,8H2,1-4H3/b7-6+/t13-,14-,18+,19+,20-/m0/s1. The first-order valence-corrected chi connectivity index (χ1v) is 9.75. The Hall–Kier alpha value is -0.880. The Morgan fingerprint density at radius 1 is 1.21 bits per heavy atom. The van der Waals surface area contributed by atoms with Crippen LogP contribution in [0.4, 0.5) is 0 Å². The molecule has 4 heteroatoms. The molecule has 2 rings (SSSR count). The van der Waals surface area contributed by atoms with Crippen molar-refractivity contribution < 1.29 is 14.3 Å². The molecule has 5 atom stereocenters. The summed E-state index contributed by atoms with van der Waals surface area (Å²) >= 11 is 2.30. The zero-order valence-corrected chi connectivity index (χ0v) is 17.0. The van der Waals surface area contributed by atoms with Crippen LogP contribution in [0.2, 0.25) is 0 Å². The Balaban J connectivity index is 2.08. The fourth-order valence-corrected chi connectivity index (χ4v) is 3.71. The van der Waals surface area contributed by atoms with Crippen molar-refractivity contribution in [2.75, 3.05) is 0 Å². The molecule has 3 nitrogen and oxygen atoms in total. The largest absolute Gasteiger partial charge is 0.459 e. The number of halogens is 1. The lowest BCUT2D eigenvalue weighted by Gasteiger charge is -2.44. The van der Waals surface area contributed by atoms with Crippen molar-refractivity contribution in [3.63, 3.8) is 0 Å². The van der Waals surface area contributed by atoms with Gasteiger partial charge < -0.3 is 9.47 Å². The van der Waals surface area contributed by atoms with Crippen LogP contribution in [0.1, 0.15) is 46.1 Å². The fraction of sp³-hybridized carbons (Fsp3) is 0.550. The van der Waals surface area contributed by atoms with Crippen LogP contribution < -0.4 is 0 Å². The second kappa shape index (κ2) is 8.99. The van der Waals surface area contributed by atoms with Crippen LogP contribution in [-0.4, -0.2) is 24.3 Å². The molecular formula is C20H27IO3. The molecule has 1 aliphatic heterocycles. The molecule has 132 valence electrons. The average Bonchev–Trinajstić information content (AvgIpc) is 2.55. The first kappa shape index (κ1) is 19.4. The molecule has 0 spiro atoms. The van der Waals surface area contributed by atoms with Gasteiger partial charge in [-0.25, -0.2) is 0 Å². The van der Waals surface area contributed by atoms with Gasteiger partial charge in [-0.3, -0.25) is 4.79 Å². The summed E-state index contributed by atoms with van der Waals surface area (Å²) < 4.78 is 13.1. The lowest BCUT2D eigenvalue weighted by molar-refractivity contribution is -0.193. The summed E-state index contributed by atoms with van der Waals surface area (Å²) in [7, 11) is 0. The minimum atomic E-state index is -0.232. The molecular weight excluding hydrogens is 415 g/mol. The van der Waals surface area contributed by atoms with E-state index >= 15 is 0 Å². The summed E-state index contributed by atoms with van der Waals surface area (Å²) in [6, 6.07) is 8.39. The molecule has 0 radical (unpaired) electrons. The summed E-state index contributed by atoms with van der Waals surface area (Å²) in [4.78, 5) is 11.5. The van der Waals surface area contributed by atoms with E-state index in [4.69, 9.17) is 9.47 Å². The van der Waals surface area contributed by atoms with E-state index in [1.165, 1.54) is 16.1 Å². The first-order valence-electron chi connectivity index (χ1n) is 8.67. The zero-order valence-electron chi connectivity index (χ0n) is 14.9. The van der Waals surface area contributed by atoms with Gasteiger partial charge in [0, 0.05) is 16.4 Å². The summed E-state index contributed by atoms with van der Waals surface area (Å²) in [5, 5.41) is 0. The van der Waals surface area contributed by atoms with Gasteiger partial charge in [-0.2, -0.15) is 0 Å². The molecule has 0 N–H and O–H groups in total. The van der Waals surface area contributed by atoms with Crippen molar-refractivity contribution in [3.05, 3.63) is 39.5 Å². The number of carbonyl (C=O) groups excluding carboxylic acids is 1. The number of hydrogen-bond donors (Lipinski definition) is 0. The van der Waals surface area contributed by atoms with E-state index in [0.29, 0.717) is 11.8 Å². The highest BCUT2D eigenvalue weighted by atomic mass is 127.